The molecule has 0 amide bonds. The molecule has 0 saturated carbocycles. The van der Waals surface area contributed by atoms with Crippen LogP contribution < -0.4 is 20.7 Å². The lowest BCUT2D eigenvalue weighted by atomic mass is 10.2. The largest absolute Gasteiger partial charge is 0.490 e. The third kappa shape index (κ3) is 3.88. The van der Waals surface area contributed by atoms with Crippen molar-refractivity contribution >= 4 is 17.9 Å². The van der Waals surface area contributed by atoms with Crippen LogP contribution in [-0.4, -0.2) is 39.2 Å². The van der Waals surface area contributed by atoms with Crippen LogP contribution in [0.2, 0.25) is 0 Å². The molecule has 0 aliphatic carbocycles. The van der Waals surface area contributed by atoms with E-state index in [9.17, 15) is 10.1 Å². The average Bonchev–Trinajstić information content (AvgIpc) is 2.95. The lowest BCUT2D eigenvalue weighted by molar-refractivity contribution is -0.385. The van der Waals surface area contributed by atoms with Gasteiger partial charge in [-0.1, -0.05) is 0 Å². The molecule has 2 aromatic rings. The topological polar surface area (TPSA) is 143 Å². The molecule has 1 aromatic carbocycles. The normalized spacial score (nSPS) is 10.8. The minimum absolute atomic E-state index is 0.0937. The number of rotatable bonds is 8. The van der Waals surface area contributed by atoms with Gasteiger partial charge < -0.3 is 15.3 Å². The number of nitrogens with zero attached hydrogens (tertiary/aromatic N) is 5. The number of benzene rings is 1. The third-order valence-electron chi connectivity index (χ3n) is 2.79. The van der Waals surface area contributed by atoms with E-state index in [1.54, 1.807) is 19.9 Å². The highest BCUT2D eigenvalue weighted by Gasteiger charge is 2.22. The van der Waals surface area contributed by atoms with E-state index >= 15 is 0 Å². The minimum Gasteiger partial charge on any atom is -0.490 e. The molecule has 3 N–H and O–H groups in total. The van der Waals surface area contributed by atoms with Crippen LogP contribution in [0.1, 0.15) is 19.4 Å². The van der Waals surface area contributed by atoms with Gasteiger partial charge in [0.05, 0.1) is 24.4 Å². The molecule has 0 unspecified atom stereocenters. The van der Waals surface area contributed by atoms with Gasteiger partial charge in [-0.2, -0.15) is 5.10 Å². The number of hydrogen-bond acceptors (Lipinski definition) is 9. The molecular formula is C13H17N7O4. The van der Waals surface area contributed by atoms with Crippen LogP contribution in [0, 0.1) is 10.1 Å². The van der Waals surface area contributed by atoms with Crippen molar-refractivity contribution in [2.45, 2.75) is 13.8 Å². The number of nitro benzene ring substituents is 1. The SMILES string of the molecule is CCOc1cc(C=NNc2nncn2N)cc([N+](=O)[O-])c1OCC. The zero-order valence-electron chi connectivity index (χ0n) is 13.2. The molecule has 0 fully saturated rings. The smallest absolute Gasteiger partial charge is 0.315 e. The van der Waals surface area contributed by atoms with Crippen LogP contribution in [-0.2, 0) is 0 Å². The molecule has 2 rings (SSSR count). The van der Waals surface area contributed by atoms with Crippen molar-refractivity contribution in [2.75, 3.05) is 24.5 Å². The predicted molar refractivity (Wildman–Crippen MR) is 86.8 cm³/mol. The fourth-order valence-electron chi connectivity index (χ4n) is 1.86. The lowest BCUT2D eigenvalue weighted by Crippen LogP contribution is -2.10. The molecule has 0 aliphatic rings. The number of hydrogen-bond donors (Lipinski definition) is 2. The first-order valence-electron chi connectivity index (χ1n) is 7.09. The number of anilines is 1. The zero-order valence-corrected chi connectivity index (χ0v) is 13.2. The maximum Gasteiger partial charge on any atom is 0.315 e. The van der Waals surface area contributed by atoms with Gasteiger partial charge >= 0.3 is 5.69 Å². The van der Waals surface area contributed by atoms with Gasteiger partial charge in [-0.05, 0) is 19.9 Å². The summed E-state index contributed by atoms with van der Waals surface area (Å²) in [5.41, 5.74) is 2.82. The maximum atomic E-state index is 11.3. The van der Waals surface area contributed by atoms with Gasteiger partial charge in [0.1, 0.15) is 6.33 Å². The Labute approximate surface area is 137 Å². The quantitative estimate of drug-likeness (QED) is 0.316. The Morgan fingerprint density at radius 2 is 2.17 bits per heavy atom. The Hall–Kier alpha value is -3.37. The Kier molecular flexibility index (Phi) is 5.49. The molecule has 0 atom stereocenters. The Balaban J connectivity index is 2.32. The molecular weight excluding hydrogens is 318 g/mol. The summed E-state index contributed by atoms with van der Waals surface area (Å²) in [5.74, 6) is 6.12. The Morgan fingerprint density at radius 3 is 2.75 bits per heavy atom. The van der Waals surface area contributed by atoms with Crippen molar-refractivity contribution in [3.05, 3.63) is 34.1 Å². The van der Waals surface area contributed by atoms with Crippen molar-refractivity contribution in [1.82, 2.24) is 14.9 Å². The van der Waals surface area contributed by atoms with Gasteiger partial charge in [-0.25, -0.2) is 10.1 Å². The zero-order chi connectivity index (χ0) is 17.5. The van der Waals surface area contributed by atoms with E-state index in [2.05, 4.69) is 20.7 Å². The van der Waals surface area contributed by atoms with Crippen LogP contribution in [0.3, 0.4) is 0 Å². The summed E-state index contributed by atoms with van der Waals surface area (Å²) in [6.07, 6.45) is 2.67. The van der Waals surface area contributed by atoms with Gasteiger partial charge in [0, 0.05) is 11.6 Å². The molecule has 0 aliphatic heterocycles. The summed E-state index contributed by atoms with van der Waals surface area (Å²) in [6, 6.07) is 2.94. The average molecular weight is 335 g/mol. The molecule has 11 heteroatoms. The highest BCUT2D eigenvalue weighted by Crippen LogP contribution is 2.38. The van der Waals surface area contributed by atoms with E-state index in [1.165, 1.54) is 18.6 Å². The van der Waals surface area contributed by atoms with Crippen molar-refractivity contribution in [3.63, 3.8) is 0 Å². The van der Waals surface area contributed by atoms with Crippen molar-refractivity contribution in [1.29, 1.82) is 0 Å². The molecule has 1 heterocycles. The molecule has 128 valence electrons. The van der Waals surface area contributed by atoms with Crippen LogP contribution >= 0.6 is 0 Å². The first kappa shape index (κ1) is 17.0. The summed E-state index contributed by atoms with van der Waals surface area (Å²) >= 11 is 0. The molecule has 24 heavy (non-hydrogen) atoms. The highest BCUT2D eigenvalue weighted by atomic mass is 16.6. The molecule has 11 nitrogen and oxygen atoms in total. The summed E-state index contributed by atoms with van der Waals surface area (Å²) in [5, 5.41) is 22.5. The van der Waals surface area contributed by atoms with Gasteiger partial charge in [0.25, 0.3) is 5.95 Å². The molecule has 0 saturated heterocycles. The molecule has 0 spiro atoms. The fourth-order valence-corrected chi connectivity index (χ4v) is 1.86. The minimum atomic E-state index is -0.533. The van der Waals surface area contributed by atoms with E-state index in [-0.39, 0.29) is 29.7 Å². The highest BCUT2D eigenvalue weighted by molar-refractivity contribution is 5.83. The van der Waals surface area contributed by atoms with Crippen LogP contribution in [0.25, 0.3) is 0 Å². The fraction of sp³-hybridized carbons (Fsp3) is 0.308. The number of aromatic nitrogens is 3. The van der Waals surface area contributed by atoms with Crippen molar-refractivity contribution in [2.24, 2.45) is 5.10 Å². The van der Waals surface area contributed by atoms with Gasteiger partial charge in [0.15, 0.2) is 5.75 Å². The molecule has 0 bridgehead atoms. The standard InChI is InChI=1S/C13H17N7O4/c1-3-23-11-6-9(5-10(20(21)22)12(11)24-4-2)7-15-17-13-18-16-8-19(13)14/h5-8H,3-4,14H2,1-2H3,(H,17,18). The number of nitrogens with two attached hydrogens (primary N) is 1. The summed E-state index contributed by atoms with van der Waals surface area (Å²) in [6.45, 7) is 4.13. The maximum absolute atomic E-state index is 11.3. The lowest BCUT2D eigenvalue weighted by Gasteiger charge is -2.11. The van der Waals surface area contributed by atoms with Gasteiger partial charge in [-0.15, -0.1) is 10.2 Å². The number of ether oxygens (including phenoxy) is 2. The summed E-state index contributed by atoms with van der Waals surface area (Å²) in [7, 11) is 0. The van der Waals surface area contributed by atoms with E-state index in [0.717, 1.165) is 4.68 Å². The van der Waals surface area contributed by atoms with Gasteiger partial charge in [0.2, 0.25) is 5.75 Å². The van der Waals surface area contributed by atoms with E-state index in [0.29, 0.717) is 12.2 Å². The Morgan fingerprint density at radius 1 is 1.42 bits per heavy atom. The summed E-state index contributed by atoms with van der Waals surface area (Å²) < 4.78 is 11.9. The third-order valence-corrected chi connectivity index (χ3v) is 2.79. The first-order chi connectivity index (χ1) is 11.6. The number of nitrogen functional groups attached to an aromatic ring is 1. The van der Waals surface area contributed by atoms with Crippen LogP contribution in [0.5, 0.6) is 11.5 Å². The molecule has 0 radical (unpaired) electrons. The van der Waals surface area contributed by atoms with E-state index in [1.807, 2.05) is 0 Å². The molecule has 1 aromatic heterocycles. The van der Waals surface area contributed by atoms with E-state index in [4.69, 9.17) is 15.3 Å². The monoisotopic (exact) mass is 335 g/mol. The van der Waals surface area contributed by atoms with E-state index < -0.39 is 4.92 Å². The number of nitro groups is 1. The summed E-state index contributed by atoms with van der Waals surface area (Å²) in [4.78, 5) is 10.7. The second-order valence-electron chi connectivity index (χ2n) is 4.42. The second kappa shape index (κ2) is 7.76. The van der Waals surface area contributed by atoms with Gasteiger partial charge in [-0.3, -0.25) is 10.1 Å². The second-order valence-corrected chi connectivity index (χ2v) is 4.42. The van der Waals surface area contributed by atoms with Crippen molar-refractivity contribution in [3.8, 4) is 11.5 Å². The van der Waals surface area contributed by atoms with Crippen LogP contribution in [0.4, 0.5) is 11.6 Å². The van der Waals surface area contributed by atoms with Crippen LogP contribution in [0.15, 0.2) is 23.6 Å². The predicted octanol–water partition coefficient (Wildman–Crippen LogP) is 1.14. The number of nitrogens with one attached hydrogen (secondary N) is 1. The van der Waals surface area contributed by atoms with Crippen molar-refractivity contribution < 1.29 is 14.4 Å². The first-order valence-corrected chi connectivity index (χ1v) is 7.09. The number of hydrazone groups is 1. The Bertz CT molecular complexity index is 744.